The molecular formula is C34H41N7O5. The fourth-order valence-electron chi connectivity index (χ4n) is 5.32. The molecule has 0 spiro atoms. The van der Waals surface area contributed by atoms with Gasteiger partial charge in [-0.3, -0.25) is 0 Å². The number of esters is 1. The van der Waals surface area contributed by atoms with Crippen molar-refractivity contribution in [2.45, 2.75) is 64.7 Å². The zero-order chi connectivity index (χ0) is 32.7. The number of aromatic nitrogens is 4. The minimum Gasteiger partial charge on any atom is -0.490 e. The molecule has 242 valence electrons. The van der Waals surface area contributed by atoms with Crippen molar-refractivity contribution < 1.29 is 23.8 Å². The van der Waals surface area contributed by atoms with Gasteiger partial charge < -0.3 is 29.7 Å². The predicted octanol–water partition coefficient (Wildman–Crippen LogP) is 5.17. The maximum Gasteiger partial charge on any atom is 0.408 e. The Morgan fingerprint density at radius 1 is 1.00 bits per heavy atom. The number of anilines is 2. The number of ether oxygens (including phenoxy) is 3. The van der Waals surface area contributed by atoms with Crippen molar-refractivity contribution in [2.24, 2.45) is 0 Å². The molecule has 1 aromatic carbocycles. The van der Waals surface area contributed by atoms with Gasteiger partial charge in [-0.05, 0) is 70.4 Å². The van der Waals surface area contributed by atoms with E-state index in [-0.39, 0.29) is 13.2 Å². The molecule has 5 rings (SSSR count). The van der Waals surface area contributed by atoms with Gasteiger partial charge in [-0.25, -0.2) is 29.5 Å². The highest BCUT2D eigenvalue weighted by molar-refractivity contribution is 5.82. The highest BCUT2D eigenvalue weighted by Gasteiger charge is 2.30. The molecule has 0 bridgehead atoms. The molecule has 1 aliphatic heterocycles. The van der Waals surface area contributed by atoms with E-state index >= 15 is 0 Å². The van der Waals surface area contributed by atoms with Crippen LogP contribution in [0, 0.1) is 6.92 Å². The Balaban J connectivity index is 1.27. The number of alkyl carbamates (subject to hydrolysis) is 1. The normalized spacial score (nSPS) is 14.4. The van der Waals surface area contributed by atoms with Gasteiger partial charge in [0.05, 0.1) is 7.11 Å². The number of benzene rings is 1. The minimum absolute atomic E-state index is 0.0225. The number of carbonyl (C=O) groups excluding carboxylic acids is 2. The second-order valence-corrected chi connectivity index (χ2v) is 12.2. The van der Waals surface area contributed by atoms with Gasteiger partial charge in [0, 0.05) is 42.8 Å². The van der Waals surface area contributed by atoms with Crippen LogP contribution in [0.1, 0.15) is 56.6 Å². The van der Waals surface area contributed by atoms with Crippen LogP contribution in [0.5, 0.6) is 5.75 Å². The van der Waals surface area contributed by atoms with E-state index < -0.39 is 23.7 Å². The minimum atomic E-state index is -1.06. The van der Waals surface area contributed by atoms with E-state index in [1.54, 1.807) is 41.0 Å². The SMILES string of the molecule is COc1c(NCC(NC(=O)OCc2ccccc2)C(=O)OC(C)(C)C)nc(C)nc1N1CCC(c2ccc3cccnc3n2)CC1. The van der Waals surface area contributed by atoms with E-state index in [1.807, 2.05) is 42.5 Å². The molecule has 12 heteroatoms. The van der Waals surface area contributed by atoms with E-state index in [0.29, 0.717) is 29.1 Å². The quantitative estimate of drug-likeness (QED) is 0.225. The Labute approximate surface area is 268 Å². The number of methoxy groups -OCH3 is 1. The maximum atomic E-state index is 13.1. The lowest BCUT2D eigenvalue weighted by atomic mass is 9.93. The van der Waals surface area contributed by atoms with Crippen LogP contribution in [0.25, 0.3) is 11.0 Å². The molecule has 12 nitrogen and oxygen atoms in total. The number of nitrogens with one attached hydrogen (secondary N) is 2. The Morgan fingerprint density at radius 3 is 2.48 bits per heavy atom. The van der Waals surface area contributed by atoms with Gasteiger partial charge in [-0.2, -0.15) is 0 Å². The van der Waals surface area contributed by atoms with Crippen LogP contribution in [0.4, 0.5) is 16.4 Å². The summed E-state index contributed by atoms with van der Waals surface area (Å²) in [6.45, 7) is 8.63. The average Bonchev–Trinajstić information content (AvgIpc) is 3.05. The summed E-state index contributed by atoms with van der Waals surface area (Å²) in [5.41, 5.74) is 1.87. The molecule has 3 aromatic heterocycles. The number of nitrogens with zero attached hydrogens (tertiary/aromatic N) is 5. The summed E-state index contributed by atoms with van der Waals surface area (Å²) in [5, 5.41) is 6.86. The van der Waals surface area contributed by atoms with E-state index in [9.17, 15) is 9.59 Å². The molecule has 1 saturated heterocycles. The van der Waals surface area contributed by atoms with E-state index in [1.165, 1.54) is 0 Å². The lowest BCUT2D eigenvalue weighted by Crippen LogP contribution is -2.48. The molecule has 4 heterocycles. The van der Waals surface area contributed by atoms with E-state index in [0.717, 1.165) is 48.2 Å². The smallest absolute Gasteiger partial charge is 0.408 e. The third-order valence-electron chi connectivity index (χ3n) is 7.53. The molecule has 1 aliphatic rings. The fourth-order valence-corrected chi connectivity index (χ4v) is 5.32. The van der Waals surface area contributed by atoms with E-state index in [4.69, 9.17) is 24.2 Å². The molecule has 2 N–H and O–H groups in total. The van der Waals surface area contributed by atoms with Gasteiger partial charge in [0.1, 0.15) is 24.1 Å². The molecule has 1 atom stereocenters. The van der Waals surface area contributed by atoms with Gasteiger partial charge in [0.25, 0.3) is 0 Å². The first-order chi connectivity index (χ1) is 22.1. The maximum absolute atomic E-state index is 13.1. The van der Waals surface area contributed by atoms with Crippen LogP contribution in [0.3, 0.4) is 0 Å². The van der Waals surface area contributed by atoms with Crippen molar-refractivity contribution in [1.82, 2.24) is 25.3 Å². The number of aryl methyl sites for hydroxylation is 1. The lowest BCUT2D eigenvalue weighted by Gasteiger charge is -2.33. The summed E-state index contributed by atoms with van der Waals surface area (Å²) in [5.74, 6) is 1.74. The molecular weight excluding hydrogens is 586 g/mol. The topological polar surface area (TPSA) is 141 Å². The molecule has 1 amide bonds. The first kappa shape index (κ1) is 32.4. The summed E-state index contributed by atoms with van der Waals surface area (Å²) in [7, 11) is 1.56. The third kappa shape index (κ3) is 8.38. The number of fused-ring (bicyclic) bond motifs is 1. The highest BCUT2D eigenvalue weighted by Crippen LogP contribution is 2.37. The molecule has 0 radical (unpaired) electrons. The van der Waals surface area contributed by atoms with Crippen molar-refractivity contribution in [3.05, 3.63) is 77.9 Å². The second-order valence-electron chi connectivity index (χ2n) is 12.2. The Kier molecular flexibility index (Phi) is 10.1. The largest absolute Gasteiger partial charge is 0.490 e. The number of carbonyl (C=O) groups is 2. The zero-order valence-electron chi connectivity index (χ0n) is 26.9. The van der Waals surface area contributed by atoms with Crippen molar-refractivity contribution in [1.29, 1.82) is 0 Å². The highest BCUT2D eigenvalue weighted by atomic mass is 16.6. The molecule has 1 unspecified atom stereocenters. The van der Waals surface area contributed by atoms with Crippen molar-refractivity contribution in [3.8, 4) is 5.75 Å². The van der Waals surface area contributed by atoms with Crippen LogP contribution in [0.15, 0.2) is 60.8 Å². The molecule has 0 aliphatic carbocycles. The van der Waals surface area contributed by atoms with Gasteiger partial charge in [0.2, 0.25) is 5.75 Å². The van der Waals surface area contributed by atoms with Gasteiger partial charge >= 0.3 is 12.1 Å². The van der Waals surface area contributed by atoms with Crippen molar-refractivity contribution >= 4 is 34.7 Å². The van der Waals surface area contributed by atoms with Crippen molar-refractivity contribution in [2.75, 3.05) is 37.0 Å². The predicted molar refractivity (Wildman–Crippen MR) is 175 cm³/mol. The molecule has 46 heavy (non-hydrogen) atoms. The monoisotopic (exact) mass is 627 g/mol. The molecule has 4 aromatic rings. The summed E-state index contributed by atoms with van der Waals surface area (Å²) in [6, 6.07) is 16.3. The molecule has 0 saturated carbocycles. The van der Waals surface area contributed by atoms with Gasteiger partial charge in [-0.1, -0.05) is 30.3 Å². The van der Waals surface area contributed by atoms with Gasteiger partial charge in [0.15, 0.2) is 17.3 Å². The number of pyridine rings is 2. The summed E-state index contributed by atoms with van der Waals surface area (Å²) < 4.78 is 16.8. The standard InChI is InChI=1S/C34H41N7O5/c1-22-37-30(36-20-27(32(42)46-34(2,3)4)40-33(43)45-21-23-10-7-6-8-11-23)28(44-5)31(38-22)41-18-15-24(16-19-41)26-14-13-25-12-9-17-35-29(25)39-26/h6-14,17,24,27H,15-16,18-21H2,1-5H3,(H,40,43)(H,36,37,38). The number of piperidine rings is 1. The number of amides is 1. The number of rotatable bonds is 10. The van der Waals surface area contributed by atoms with Crippen LogP contribution in [0.2, 0.25) is 0 Å². The summed E-state index contributed by atoms with van der Waals surface area (Å²) >= 11 is 0. The number of hydrogen-bond donors (Lipinski definition) is 2. The first-order valence-electron chi connectivity index (χ1n) is 15.4. The van der Waals surface area contributed by atoms with Crippen molar-refractivity contribution in [3.63, 3.8) is 0 Å². The Morgan fingerprint density at radius 2 is 1.76 bits per heavy atom. The van der Waals surface area contributed by atoms with Crippen LogP contribution >= 0.6 is 0 Å². The first-order valence-corrected chi connectivity index (χ1v) is 15.4. The summed E-state index contributed by atoms with van der Waals surface area (Å²) in [6.07, 6.45) is 2.79. The van der Waals surface area contributed by atoms with Crippen LogP contribution in [-0.4, -0.2) is 70.4 Å². The second kappa shape index (κ2) is 14.4. The Hall–Kier alpha value is -5.00. The fraction of sp³-hybridized carbons (Fsp3) is 0.412. The lowest BCUT2D eigenvalue weighted by molar-refractivity contribution is -0.156. The third-order valence-corrected chi connectivity index (χ3v) is 7.53. The summed E-state index contributed by atoms with van der Waals surface area (Å²) in [4.78, 5) is 46.5. The van der Waals surface area contributed by atoms with Crippen LogP contribution in [-0.2, 0) is 20.9 Å². The molecule has 1 fully saturated rings. The number of hydrogen-bond acceptors (Lipinski definition) is 11. The zero-order valence-corrected chi connectivity index (χ0v) is 26.9. The van der Waals surface area contributed by atoms with Crippen LogP contribution < -0.4 is 20.3 Å². The Bertz CT molecular complexity index is 1650. The average molecular weight is 628 g/mol. The van der Waals surface area contributed by atoms with E-state index in [2.05, 4.69) is 37.6 Å². The van der Waals surface area contributed by atoms with Gasteiger partial charge in [-0.15, -0.1) is 0 Å².